The smallest absolute Gasteiger partial charge is 0.317 e. The van der Waals surface area contributed by atoms with Crippen LogP contribution in [-0.2, 0) is 19.1 Å². The van der Waals surface area contributed by atoms with Crippen molar-refractivity contribution in [3.05, 3.63) is 12.5 Å². The van der Waals surface area contributed by atoms with Gasteiger partial charge in [0.05, 0.1) is 0 Å². The molecular weight excluding hydrogens is 224 g/mol. The van der Waals surface area contributed by atoms with E-state index >= 15 is 0 Å². The normalized spacial score (nSPS) is 28.8. The monoisotopic (exact) mass is 240 g/mol. The Balaban J connectivity index is 2.00. The van der Waals surface area contributed by atoms with Crippen molar-refractivity contribution in [1.82, 2.24) is 0 Å². The van der Waals surface area contributed by atoms with Crippen LogP contribution in [0.3, 0.4) is 0 Å². The summed E-state index contributed by atoms with van der Waals surface area (Å²) >= 11 is 0. The summed E-state index contributed by atoms with van der Waals surface area (Å²) in [6, 6.07) is 0. The van der Waals surface area contributed by atoms with Crippen LogP contribution in [0.15, 0.2) is 12.5 Å². The minimum absolute atomic E-state index is 0.151. The lowest BCUT2D eigenvalue weighted by molar-refractivity contribution is -0.158. The van der Waals surface area contributed by atoms with Gasteiger partial charge in [0.15, 0.2) is 0 Å². The Labute approximate surface area is 99.4 Å². The van der Waals surface area contributed by atoms with Gasteiger partial charge in [-0.05, 0) is 19.3 Å². The standard InChI is InChI=1S/C12H16O5/c13-9-3-1-2-5-12(9,11(14)15)6-4-10-16-7-8-17-10/h7-8,10H,1-6H2,(H,14,15). The number of rotatable bonds is 4. The van der Waals surface area contributed by atoms with Gasteiger partial charge in [0.2, 0.25) is 6.29 Å². The van der Waals surface area contributed by atoms with Gasteiger partial charge >= 0.3 is 5.97 Å². The maximum Gasteiger partial charge on any atom is 0.317 e. The van der Waals surface area contributed by atoms with Gasteiger partial charge < -0.3 is 14.6 Å². The first-order valence-corrected chi connectivity index (χ1v) is 5.88. The Kier molecular flexibility index (Phi) is 3.36. The summed E-state index contributed by atoms with van der Waals surface area (Å²) < 4.78 is 10.2. The van der Waals surface area contributed by atoms with Crippen LogP contribution in [0.2, 0.25) is 0 Å². The molecule has 17 heavy (non-hydrogen) atoms. The van der Waals surface area contributed by atoms with Gasteiger partial charge in [0.25, 0.3) is 0 Å². The zero-order chi connectivity index (χ0) is 12.3. The number of carboxylic acid groups (broad SMARTS) is 1. The third-order valence-corrected chi connectivity index (χ3v) is 3.52. The maximum atomic E-state index is 11.9. The molecule has 5 heteroatoms. The molecular formula is C12H16O5. The molecule has 5 nitrogen and oxygen atoms in total. The van der Waals surface area contributed by atoms with E-state index < -0.39 is 17.7 Å². The molecule has 0 radical (unpaired) electrons. The molecule has 1 aliphatic heterocycles. The zero-order valence-electron chi connectivity index (χ0n) is 9.55. The highest BCUT2D eigenvalue weighted by Gasteiger charge is 2.46. The third kappa shape index (κ3) is 2.28. The summed E-state index contributed by atoms with van der Waals surface area (Å²) in [6.07, 6.45) is 5.52. The average Bonchev–Trinajstić information content (AvgIpc) is 2.81. The first-order valence-electron chi connectivity index (χ1n) is 5.88. The van der Waals surface area contributed by atoms with Crippen molar-refractivity contribution in [3.63, 3.8) is 0 Å². The molecule has 1 N–H and O–H groups in total. The summed E-state index contributed by atoms with van der Waals surface area (Å²) in [4.78, 5) is 23.3. The Morgan fingerprint density at radius 1 is 1.41 bits per heavy atom. The number of hydrogen-bond acceptors (Lipinski definition) is 4. The van der Waals surface area contributed by atoms with Crippen molar-refractivity contribution in [3.8, 4) is 0 Å². The van der Waals surface area contributed by atoms with Gasteiger partial charge in [0, 0.05) is 12.8 Å². The number of carboxylic acids is 1. The van der Waals surface area contributed by atoms with E-state index in [0.717, 1.165) is 12.8 Å². The van der Waals surface area contributed by atoms with Gasteiger partial charge in [-0.3, -0.25) is 9.59 Å². The lowest BCUT2D eigenvalue weighted by Crippen LogP contribution is -2.42. The summed E-state index contributed by atoms with van der Waals surface area (Å²) in [6.45, 7) is 0. The van der Waals surface area contributed by atoms with Crippen LogP contribution in [0, 0.1) is 5.41 Å². The molecule has 0 aromatic heterocycles. The second kappa shape index (κ2) is 4.77. The summed E-state index contributed by atoms with van der Waals surface area (Å²) in [7, 11) is 0. The van der Waals surface area contributed by atoms with Gasteiger partial charge in [-0.1, -0.05) is 6.42 Å². The lowest BCUT2D eigenvalue weighted by Gasteiger charge is -2.32. The molecule has 1 unspecified atom stereocenters. The summed E-state index contributed by atoms with van der Waals surface area (Å²) in [5.41, 5.74) is -1.21. The van der Waals surface area contributed by atoms with Crippen LogP contribution < -0.4 is 0 Å². The van der Waals surface area contributed by atoms with Crippen LogP contribution in [0.4, 0.5) is 0 Å². The van der Waals surface area contributed by atoms with Gasteiger partial charge in [-0.15, -0.1) is 0 Å². The molecule has 0 saturated heterocycles. The molecule has 0 amide bonds. The topological polar surface area (TPSA) is 72.8 Å². The van der Waals surface area contributed by atoms with E-state index in [1.54, 1.807) is 0 Å². The zero-order valence-corrected chi connectivity index (χ0v) is 9.55. The van der Waals surface area contributed by atoms with E-state index in [1.165, 1.54) is 12.5 Å². The minimum Gasteiger partial charge on any atom is -0.480 e. The van der Waals surface area contributed by atoms with Crippen molar-refractivity contribution < 1.29 is 24.2 Å². The Morgan fingerprint density at radius 3 is 2.71 bits per heavy atom. The fraction of sp³-hybridized carbons (Fsp3) is 0.667. The van der Waals surface area contributed by atoms with E-state index in [-0.39, 0.29) is 12.2 Å². The van der Waals surface area contributed by atoms with Crippen molar-refractivity contribution in [2.45, 2.75) is 44.8 Å². The average molecular weight is 240 g/mol. The quantitative estimate of drug-likeness (QED) is 0.759. The van der Waals surface area contributed by atoms with E-state index in [0.29, 0.717) is 19.3 Å². The number of aliphatic carboxylic acids is 1. The molecule has 0 aromatic carbocycles. The largest absolute Gasteiger partial charge is 0.480 e. The predicted molar refractivity (Wildman–Crippen MR) is 57.9 cm³/mol. The molecule has 1 aliphatic carbocycles. The van der Waals surface area contributed by atoms with Crippen molar-refractivity contribution >= 4 is 11.8 Å². The maximum absolute atomic E-state index is 11.9. The van der Waals surface area contributed by atoms with Crippen LogP contribution >= 0.6 is 0 Å². The first kappa shape index (κ1) is 12.0. The number of ether oxygens (including phenoxy) is 2. The SMILES string of the molecule is O=C(O)C1(CCC2OC=CO2)CCCCC1=O. The minimum atomic E-state index is -1.21. The van der Waals surface area contributed by atoms with Crippen LogP contribution in [-0.4, -0.2) is 23.1 Å². The summed E-state index contributed by atoms with van der Waals surface area (Å²) in [5, 5.41) is 9.32. The first-order chi connectivity index (χ1) is 8.15. The predicted octanol–water partition coefficient (Wildman–Crippen LogP) is 1.82. The highest BCUT2D eigenvalue weighted by molar-refractivity contribution is 6.03. The molecule has 0 bridgehead atoms. The number of carbonyl (C=O) groups is 2. The van der Waals surface area contributed by atoms with Crippen LogP contribution in [0.1, 0.15) is 38.5 Å². The molecule has 0 spiro atoms. The molecule has 1 fully saturated rings. The molecule has 1 atom stereocenters. The van der Waals surface area contributed by atoms with Gasteiger partial charge in [0.1, 0.15) is 23.7 Å². The second-order valence-electron chi connectivity index (χ2n) is 4.53. The van der Waals surface area contributed by atoms with Crippen LogP contribution in [0.5, 0.6) is 0 Å². The number of carbonyl (C=O) groups excluding carboxylic acids is 1. The highest BCUT2D eigenvalue weighted by atomic mass is 16.7. The lowest BCUT2D eigenvalue weighted by atomic mass is 9.70. The molecule has 1 saturated carbocycles. The molecule has 2 aliphatic rings. The van der Waals surface area contributed by atoms with E-state index in [2.05, 4.69) is 0 Å². The number of ketones is 1. The van der Waals surface area contributed by atoms with Crippen LogP contribution in [0.25, 0.3) is 0 Å². The third-order valence-electron chi connectivity index (χ3n) is 3.52. The summed E-state index contributed by atoms with van der Waals surface area (Å²) in [5.74, 6) is -1.16. The molecule has 94 valence electrons. The fourth-order valence-electron chi connectivity index (χ4n) is 2.46. The van der Waals surface area contributed by atoms with E-state index in [1.807, 2.05) is 0 Å². The fourth-order valence-corrected chi connectivity index (χ4v) is 2.46. The van der Waals surface area contributed by atoms with Crippen molar-refractivity contribution in [2.24, 2.45) is 5.41 Å². The van der Waals surface area contributed by atoms with Gasteiger partial charge in [-0.25, -0.2) is 0 Å². The second-order valence-corrected chi connectivity index (χ2v) is 4.53. The number of hydrogen-bond donors (Lipinski definition) is 1. The Bertz CT molecular complexity index is 341. The Morgan fingerprint density at radius 2 is 2.12 bits per heavy atom. The van der Waals surface area contributed by atoms with Gasteiger partial charge in [-0.2, -0.15) is 0 Å². The Hall–Kier alpha value is -1.52. The molecule has 2 rings (SSSR count). The highest BCUT2D eigenvalue weighted by Crippen LogP contribution is 2.38. The molecule has 1 heterocycles. The van der Waals surface area contributed by atoms with E-state index in [4.69, 9.17) is 9.47 Å². The van der Waals surface area contributed by atoms with Crippen molar-refractivity contribution in [1.29, 1.82) is 0 Å². The number of Topliss-reactive ketones (excluding diaryl/α,β-unsaturated/α-hetero) is 1. The van der Waals surface area contributed by atoms with Crippen molar-refractivity contribution in [2.75, 3.05) is 0 Å². The molecule has 0 aromatic rings. The van der Waals surface area contributed by atoms with E-state index in [9.17, 15) is 14.7 Å².